The maximum atomic E-state index is 13.0. The molecule has 3 nitrogen and oxygen atoms in total. The van der Waals surface area contributed by atoms with Crippen molar-refractivity contribution in [2.24, 2.45) is 0 Å². The number of carbonyl (C=O) groups is 1. The van der Waals surface area contributed by atoms with Gasteiger partial charge in [-0.05, 0) is 35.9 Å². The first kappa shape index (κ1) is 12.0. The van der Waals surface area contributed by atoms with Crippen LogP contribution in [-0.4, -0.2) is 5.91 Å². The lowest BCUT2D eigenvalue weighted by atomic mass is 10.2. The Morgan fingerprint density at radius 3 is 2.65 bits per heavy atom. The van der Waals surface area contributed by atoms with Gasteiger partial charge >= 0.3 is 0 Å². The molecule has 6 heteroatoms. The summed E-state index contributed by atoms with van der Waals surface area (Å²) in [6.45, 7) is 0. The molecule has 88 valence electrons. The molecule has 1 aromatic heterocycles. The van der Waals surface area contributed by atoms with E-state index in [4.69, 9.17) is 27.6 Å². The topological polar surface area (TPSA) is 42.2 Å². The summed E-state index contributed by atoms with van der Waals surface area (Å²) >= 11 is 11.3. The fraction of sp³-hybridized carbons (Fsp3) is 0. The molecule has 0 bridgehead atoms. The third kappa shape index (κ3) is 2.78. The average molecular weight is 274 g/mol. The van der Waals surface area contributed by atoms with Crippen molar-refractivity contribution in [3.8, 4) is 0 Å². The van der Waals surface area contributed by atoms with Gasteiger partial charge in [-0.25, -0.2) is 4.39 Å². The Kier molecular flexibility index (Phi) is 3.36. The predicted octanol–water partition coefficient (Wildman–Crippen LogP) is 3.98. The van der Waals surface area contributed by atoms with Gasteiger partial charge in [0.1, 0.15) is 5.82 Å². The summed E-state index contributed by atoms with van der Waals surface area (Å²) in [6, 6.07) is 5.13. The normalized spacial score (nSPS) is 10.3. The van der Waals surface area contributed by atoms with Gasteiger partial charge in [0.05, 0.1) is 11.8 Å². The maximum Gasteiger partial charge on any atom is 0.260 e. The molecule has 1 N–H and O–H groups in total. The van der Waals surface area contributed by atoms with E-state index in [1.54, 1.807) is 0 Å². The number of amides is 1. The fourth-order valence-corrected chi connectivity index (χ4v) is 1.70. The summed E-state index contributed by atoms with van der Waals surface area (Å²) in [4.78, 5) is 11.7. The quantitative estimate of drug-likeness (QED) is 0.900. The summed E-state index contributed by atoms with van der Waals surface area (Å²) in [5, 5.41) is 2.63. The molecule has 1 amide bonds. The molecular weight excluding hydrogens is 268 g/mol. The molecule has 0 spiro atoms. The predicted molar refractivity (Wildman–Crippen MR) is 63.1 cm³/mol. The minimum atomic E-state index is -0.536. The first-order chi connectivity index (χ1) is 8.06. The van der Waals surface area contributed by atoms with Crippen LogP contribution in [0.15, 0.2) is 34.9 Å². The van der Waals surface area contributed by atoms with Crippen molar-refractivity contribution in [2.75, 3.05) is 5.32 Å². The third-order valence-corrected chi connectivity index (χ3v) is 2.49. The van der Waals surface area contributed by atoms with E-state index in [0.717, 1.165) is 12.1 Å². The molecule has 0 aliphatic rings. The Bertz CT molecular complexity index is 548. The van der Waals surface area contributed by atoms with Gasteiger partial charge in [0, 0.05) is 10.7 Å². The summed E-state index contributed by atoms with van der Waals surface area (Å²) in [6.07, 6.45) is 1.29. The largest absolute Gasteiger partial charge is 0.452 e. The van der Waals surface area contributed by atoms with Crippen LogP contribution in [0.4, 0.5) is 10.1 Å². The van der Waals surface area contributed by atoms with Crippen LogP contribution >= 0.6 is 23.2 Å². The molecular formula is C11H6Cl2FNO2. The molecule has 1 aromatic carbocycles. The van der Waals surface area contributed by atoms with Crippen molar-refractivity contribution in [1.82, 2.24) is 0 Å². The van der Waals surface area contributed by atoms with E-state index in [1.165, 1.54) is 18.4 Å². The third-order valence-electron chi connectivity index (χ3n) is 1.98. The minimum absolute atomic E-state index is 0.0231. The number of halogens is 3. The number of nitrogens with one attached hydrogen (secondary N) is 1. The van der Waals surface area contributed by atoms with Crippen LogP contribution in [0.5, 0.6) is 0 Å². The molecule has 2 aromatic rings. The fourth-order valence-electron chi connectivity index (χ4n) is 1.28. The minimum Gasteiger partial charge on any atom is -0.452 e. The smallest absolute Gasteiger partial charge is 0.260 e. The zero-order valence-corrected chi connectivity index (χ0v) is 9.85. The number of hydrogen-bond acceptors (Lipinski definition) is 2. The van der Waals surface area contributed by atoms with Gasteiger partial charge in [-0.1, -0.05) is 11.6 Å². The number of furan rings is 1. The molecule has 0 aliphatic carbocycles. The van der Waals surface area contributed by atoms with Crippen molar-refractivity contribution >= 4 is 34.8 Å². The molecule has 0 radical (unpaired) electrons. The van der Waals surface area contributed by atoms with Gasteiger partial charge in [0.2, 0.25) is 5.22 Å². The van der Waals surface area contributed by atoms with Gasteiger partial charge in [-0.3, -0.25) is 4.79 Å². The van der Waals surface area contributed by atoms with Crippen molar-refractivity contribution in [3.63, 3.8) is 0 Å². The molecule has 0 unspecified atom stereocenters. The number of hydrogen-bond donors (Lipinski definition) is 1. The molecule has 17 heavy (non-hydrogen) atoms. The van der Waals surface area contributed by atoms with Crippen molar-refractivity contribution in [1.29, 1.82) is 0 Å². The average Bonchev–Trinajstić information content (AvgIpc) is 2.62. The van der Waals surface area contributed by atoms with Gasteiger partial charge in [-0.15, -0.1) is 0 Å². The molecule has 0 aliphatic heterocycles. The van der Waals surface area contributed by atoms with E-state index in [2.05, 4.69) is 5.32 Å². The first-order valence-corrected chi connectivity index (χ1v) is 5.32. The molecule has 0 saturated heterocycles. The lowest BCUT2D eigenvalue weighted by Crippen LogP contribution is -2.11. The van der Waals surface area contributed by atoms with E-state index < -0.39 is 11.7 Å². The molecule has 0 atom stereocenters. The highest BCUT2D eigenvalue weighted by Gasteiger charge is 2.13. The Morgan fingerprint density at radius 1 is 1.29 bits per heavy atom. The van der Waals surface area contributed by atoms with Crippen molar-refractivity contribution in [2.45, 2.75) is 0 Å². The van der Waals surface area contributed by atoms with Gasteiger partial charge < -0.3 is 9.73 Å². The SMILES string of the molecule is O=C(Nc1cc(F)cc(Cl)c1)c1ccoc1Cl. The number of rotatable bonds is 2. The van der Waals surface area contributed by atoms with Crippen LogP contribution in [0.3, 0.4) is 0 Å². The Balaban J connectivity index is 2.21. The zero-order chi connectivity index (χ0) is 12.4. The van der Waals surface area contributed by atoms with Crippen molar-refractivity contribution < 1.29 is 13.6 Å². The van der Waals surface area contributed by atoms with Gasteiger partial charge in [0.15, 0.2) is 0 Å². The highest BCUT2D eigenvalue weighted by molar-refractivity contribution is 6.33. The second-order valence-corrected chi connectivity index (χ2v) is 4.00. The summed E-state index contributed by atoms with van der Waals surface area (Å²) in [5.74, 6) is -1.03. The summed E-state index contributed by atoms with van der Waals surface area (Å²) in [7, 11) is 0. The Hall–Kier alpha value is -1.52. The molecule has 0 fully saturated rings. The summed E-state index contributed by atoms with van der Waals surface area (Å²) < 4.78 is 17.8. The van der Waals surface area contributed by atoms with Gasteiger partial charge in [-0.2, -0.15) is 0 Å². The van der Waals surface area contributed by atoms with E-state index in [9.17, 15) is 9.18 Å². The highest BCUT2D eigenvalue weighted by Crippen LogP contribution is 2.21. The number of anilines is 1. The lowest BCUT2D eigenvalue weighted by Gasteiger charge is -2.04. The van der Waals surface area contributed by atoms with E-state index >= 15 is 0 Å². The van der Waals surface area contributed by atoms with Crippen LogP contribution in [0.1, 0.15) is 10.4 Å². The number of carbonyl (C=O) groups excluding carboxylic acids is 1. The highest BCUT2D eigenvalue weighted by atomic mass is 35.5. The molecule has 0 saturated carbocycles. The molecule has 2 rings (SSSR count). The monoisotopic (exact) mass is 273 g/mol. The second-order valence-electron chi connectivity index (χ2n) is 3.22. The zero-order valence-electron chi connectivity index (χ0n) is 8.34. The van der Waals surface area contributed by atoms with E-state index in [1.807, 2.05) is 0 Å². The van der Waals surface area contributed by atoms with Crippen LogP contribution in [-0.2, 0) is 0 Å². The van der Waals surface area contributed by atoms with Crippen LogP contribution < -0.4 is 5.32 Å². The summed E-state index contributed by atoms with van der Waals surface area (Å²) in [5.41, 5.74) is 0.421. The van der Waals surface area contributed by atoms with Crippen molar-refractivity contribution in [3.05, 3.63) is 52.2 Å². The molecule has 1 heterocycles. The Labute approximate surface area is 106 Å². The standard InChI is InChI=1S/C11H6Cl2FNO2/c12-6-3-7(14)5-8(4-6)15-11(16)9-1-2-17-10(9)13/h1-5H,(H,15,16). The van der Waals surface area contributed by atoms with E-state index in [0.29, 0.717) is 0 Å². The maximum absolute atomic E-state index is 13.0. The lowest BCUT2D eigenvalue weighted by molar-refractivity contribution is 0.102. The number of benzene rings is 1. The second kappa shape index (κ2) is 4.77. The van der Waals surface area contributed by atoms with Crippen LogP contribution in [0, 0.1) is 5.82 Å². The van der Waals surface area contributed by atoms with Crippen LogP contribution in [0.25, 0.3) is 0 Å². The van der Waals surface area contributed by atoms with Gasteiger partial charge in [0.25, 0.3) is 5.91 Å². The Morgan fingerprint density at radius 2 is 2.06 bits per heavy atom. The van der Waals surface area contributed by atoms with Crippen LogP contribution in [0.2, 0.25) is 10.2 Å². The first-order valence-electron chi connectivity index (χ1n) is 4.56. The van der Waals surface area contributed by atoms with E-state index in [-0.39, 0.29) is 21.5 Å².